The molecule has 8 fully saturated rings. The molecule has 18 heteroatoms. The topological polar surface area (TPSA) is 298 Å². The summed E-state index contributed by atoms with van der Waals surface area (Å²) in [5.74, 6) is -0.199. The first-order chi connectivity index (χ1) is 30.9. The fourth-order valence-corrected chi connectivity index (χ4v) is 15.7. The van der Waals surface area contributed by atoms with Gasteiger partial charge in [-0.1, -0.05) is 39.3 Å². The van der Waals surface area contributed by atoms with Crippen LogP contribution >= 0.6 is 0 Å². The van der Waals surface area contributed by atoms with Crippen LogP contribution < -0.4 is 0 Å². The van der Waals surface area contributed by atoms with Gasteiger partial charge in [0.15, 0.2) is 18.9 Å². The molecular weight excluding hydrogens is 865 g/mol. The number of hydrogen-bond donors (Lipinski definition) is 12. The first-order valence-corrected chi connectivity index (χ1v) is 24.5. The molecule has 0 aromatic heterocycles. The quantitative estimate of drug-likeness (QED) is 0.0836. The molecule has 26 atom stereocenters. The van der Waals surface area contributed by atoms with Crippen molar-refractivity contribution in [2.24, 2.45) is 44.8 Å². The minimum absolute atomic E-state index is 0.128. The van der Waals surface area contributed by atoms with E-state index in [9.17, 15) is 61.3 Å². The van der Waals surface area contributed by atoms with Gasteiger partial charge in [0, 0.05) is 5.41 Å². The van der Waals surface area contributed by atoms with E-state index in [1.54, 1.807) is 0 Å². The van der Waals surface area contributed by atoms with Crippen molar-refractivity contribution in [3.8, 4) is 0 Å². The summed E-state index contributed by atoms with van der Waals surface area (Å²) in [5.41, 5.74) is -1.08. The highest BCUT2D eigenvalue weighted by Crippen LogP contribution is 2.87. The Morgan fingerprint density at radius 3 is 1.74 bits per heavy atom. The van der Waals surface area contributed by atoms with Gasteiger partial charge in [-0.05, 0) is 124 Å². The van der Waals surface area contributed by atoms with Crippen LogP contribution in [0.3, 0.4) is 0 Å². The lowest BCUT2D eigenvalue weighted by atomic mass is 9.36. The molecule has 5 aliphatic carbocycles. The van der Waals surface area contributed by atoms with E-state index >= 15 is 0 Å². The molecule has 0 bridgehead atoms. The third-order valence-corrected chi connectivity index (χ3v) is 19.8. The Morgan fingerprint density at radius 2 is 1.15 bits per heavy atom. The highest BCUT2D eigenvalue weighted by molar-refractivity contribution is 5.31. The van der Waals surface area contributed by atoms with Gasteiger partial charge in [-0.15, -0.1) is 0 Å². The van der Waals surface area contributed by atoms with Gasteiger partial charge in [0.2, 0.25) is 0 Å². The highest BCUT2D eigenvalue weighted by Gasteiger charge is 2.83. The van der Waals surface area contributed by atoms with E-state index in [0.29, 0.717) is 25.7 Å². The zero-order chi connectivity index (χ0) is 48.3. The Morgan fingerprint density at radius 1 is 0.606 bits per heavy atom. The summed E-state index contributed by atoms with van der Waals surface area (Å²) >= 11 is 0. The summed E-state index contributed by atoms with van der Waals surface area (Å²) in [6, 6.07) is 0. The molecule has 5 saturated carbocycles. The van der Waals surface area contributed by atoms with Crippen LogP contribution in [0.25, 0.3) is 0 Å². The SMILES string of the molecule is CC(C)=CCCC(C)(OC1OC(CO)C(O)C(O)C1O)C1CCC2(C)C1C(O)CC1C2(C)CCC23CC2(C)C(OC2OC(CO)C(O)C(O)C2OC2OC(CO)C(O)C(O)C2O)CCC13C. The molecule has 0 amide bonds. The van der Waals surface area contributed by atoms with Gasteiger partial charge in [-0.2, -0.15) is 0 Å². The third kappa shape index (κ3) is 7.74. The van der Waals surface area contributed by atoms with Gasteiger partial charge in [-0.3, -0.25) is 0 Å². The van der Waals surface area contributed by atoms with Gasteiger partial charge >= 0.3 is 0 Å². The second-order valence-electron chi connectivity index (χ2n) is 23.1. The van der Waals surface area contributed by atoms with Crippen LogP contribution in [0.2, 0.25) is 0 Å². The zero-order valence-corrected chi connectivity index (χ0v) is 39.6. The van der Waals surface area contributed by atoms with Crippen molar-refractivity contribution in [3.63, 3.8) is 0 Å². The fraction of sp³-hybridized carbons (Fsp3) is 0.958. The van der Waals surface area contributed by atoms with E-state index in [1.807, 2.05) is 20.8 Å². The molecule has 0 radical (unpaired) electrons. The van der Waals surface area contributed by atoms with Crippen LogP contribution in [0.15, 0.2) is 11.6 Å². The Bertz CT molecular complexity index is 1750. The second-order valence-corrected chi connectivity index (χ2v) is 23.1. The summed E-state index contributed by atoms with van der Waals surface area (Å²) in [5, 5.41) is 129. The summed E-state index contributed by atoms with van der Waals surface area (Å²) in [6.07, 6.45) is -14.2. The summed E-state index contributed by atoms with van der Waals surface area (Å²) in [4.78, 5) is 0. The molecule has 3 aliphatic heterocycles. The largest absolute Gasteiger partial charge is 0.394 e. The first-order valence-electron chi connectivity index (χ1n) is 24.5. The van der Waals surface area contributed by atoms with Crippen molar-refractivity contribution in [1.29, 1.82) is 0 Å². The van der Waals surface area contributed by atoms with E-state index in [2.05, 4.69) is 33.8 Å². The molecule has 380 valence electrons. The average Bonchev–Trinajstić information content (AvgIpc) is 3.75. The maximum absolute atomic E-state index is 12.7. The Hall–Kier alpha value is -0.980. The second kappa shape index (κ2) is 18.3. The van der Waals surface area contributed by atoms with E-state index in [-0.39, 0.29) is 44.8 Å². The minimum Gasteiger partial charge on any atom is -0.394 e. The van der Waals surface area contributed by atoms with Gasteiger partial charge in [0.25, 0.3) is 0 Å². The van der Waals surface area contributed by atoms with E-state index in [4.69, 9.17) is 28.4 Å². The molecule has 1 spiro atoms. The number of fused-ring (bicyclic) bond motifs is 4. The molecule has 66 heavy (non-hydrogen) atoms. The average molecular weight is 945 g/mol. The molecule has 8 aliphatic rings. The first kappa shape index (κ1) is 51.4. The van der Waals surface area contributed by atoms with Crippen LogP contribution in [0.1, 0.15) is 113 Å². The predicted octanol–water partition coefficient (Wildman–Crippen LogP) is -0.273. The number of aliphatic hydroxyl groups is 12. The Balaban J connectivity index is 1.04. The molecule has 18 nitrogen and oxygen atoms in total. The molecule has 0 aromatic rings. The highest BCUT2D eigenvalue weighted by atomic mass is 16.8. The molecule has 0 aromatic carbocycles. The van der Waals surface area contributed by atoms with E-state index in [0.717, 1.165) is 44.1 Å². The summed E-state index contributed by atoms with van der Waals surface area (Å²) in [6.45, 7) is 13.5. The van der Waals surface area contributed by atoms with Gasteiger partial charge < -0.3 is 89.7 Å². The fourth-order valence-electron chi connectivity index (χ4n) is 15.7. The molecule has 8 rings (SSSR count). The summed E-state index contributed by atoms with van der Waals surface area (Å²) < 4.78 is 37.3. The van der Waals surface area contributed by atoms with Crippen LogP contribution in [0.5, 0.6) is 0 Å². The molecule has 3 heterocycles. The molecular formula is C48H80O18. The van der Waals surface area contributed by atoms with Crippen molar-refractivity contribution in [2.45, 2.75) is 223 Å². The smallest absolute Gasteiger partial charge is 0.187 e. The maximum atomic E-state index is 12.7. The third-order valence-electron chi connectivity index (χ3n) is 19.8. The number of hydrogen-bond acceptors (Lipinski definition) is 18. The Kier molecular flexibility index (Phi) is 14.2. The van der Waals surface area contributed by atoms with Crippen LogP contribution in [0, 0.1) is 44.8 Å². The van der Waals surface area contributed by atoms with Crippen molar-refractivity contribution < 1.29 is 89.7 Å². The normalized spacial score (nSPS) is 55.4. The van der Waals surface area contributed by atoms with Crippen molar-refractivity contribution in [1.82, 2.24) is 0 Å². The van der Waals surface area contributed by atoms with Crippen molar-refractivity contribution in [3.05, 3.63) is 11.6 Å². The van der Waals surface area contributed by atoms with Gasteiger partial charge in [-0.25, -0.2) is 0 Å². The van der Waals surface area contributed by atoms with Gasteiger partial charge in [0.05, 0.1) is 37.6 Å². The lowest BCUT2D eigenvalue weighted by Crippen LogP contribution is -2.67. The van der Waals surface area contributed by atoms with Crippen molar-refractivity contribution >= 4 is 0 Å². The van der Waals surface area contributed by atoms with E-state index in [1.165, 1.54) is 0 Å². The molecule has 12 N–H and O–H groups in total. The summed E-state index contributed by atoms with van der Waals surface area (Å²) in [7, 11) is 0. The minimum atomic E-state index is -1.78. The Labute approximate surface area is 387 Å². The monoisotopic (exact) mass is 945 g/mol. The number of rotatable bonds is 13. The van der Waals surface area contributed by atoms with Crippen LogP contribution in [-0.4, -0.2) is 191 Å². The lowest BCUT2D eigenvalue weighted by molar-refractivity contribution is -0.375. The van der Waals surface area contributed by atoms with Crippen molar-refractivity contribution in [2.75, 3.05) is 19.8 Å². The predicted molar refractivity (Wildman–Crippen MR) is 231 cm³/mol. The standard InChI is InChI=1S/C48H80O18/c1-22(2)9-8-12-47(7,66-41-38(60)35(57)32(54)26(19-50)62-41)23-10-13-45(5)30(23)24(52)17-28-43(45,3)15-16-48-21-46(48,6)29(11-14-44(28,48)4)64-42-39(36(58)33(55)27(20-51)63-42)65-40-37(59)34(56)31(53)25(18-49)61-40/h9,23-42,49-60H,8,10-21H2,1-7H3. The van der Waals surface area contributed by atoms with Crippen LogP contribution in [-0.2, 0) is 28.4 Å². The molecule has 26 unspecified atom stereocenters. The zero-order valence-electron chi connectivity index (χ0n) is 39.6. The number of aliphatic hydroxyl groups excluding tert-OH is 12. The lowest BCUT2D eigenvalue weighted by Gasteiger charge is -2.69. The number of ether oxygens (including phenoxy) is 6. The molecule has 3 saturated heterocycles. The van der Waals surface area contributed by atoms with Gasteiger partial charge in [0.1, 0.15) is 73.2 Å². The maximum Gasteiger partial charge on any atom is 0.187 e. The number of allylic oxidation sites excluding steroid dienone is 2. The van der Waals surface area contributed by atoms with Crippen LogP contribution in [0.4, 0.5) is 0 Å². The van der Waals surface area contributed by atoms with E-state index < -0.39 is 130 Å².